The third-order valence-electron chi connectivity index (χ3n) is 3.33. The van der Waals surface area contributed by atoms with Crippen molar-refractivity contribution in [1.29, 1.82) is 0 Å². The summed E-state index contributed by atoms with van der Waals surface area (Å²) in [5, 5.41) is 11.5. The van der Waals surface area contributed by atoms with Gasteiger partial charge in [0.2, 0.25) is 0 Å². The fourth-order valence-electron chi connectivity index (χ4n) is 2.50. The Balaban J connectivity index is 2.36. The highest BCUT2D eigenvalue weighted by Gasteiger charge is 2.23. The van der Waals surface area contributed by atoms with E-state index in [0.29, 0.717) is 10.7 Å². The van der Waals surface area contributed by atoms with Crippen LogP contribution in [0.3, 0.4) is 0 Å². The van der Waals surface area contributed by atoms with Gasteiger partial charge in [-0.1, -0.05) is 11.6 Å². The molecule has 1 unspecified atom stereocenters. The maximum atomic E-state index is 10.0. The highest BCUT2D eigenvalue weighted by molar-refractivity contribution is 6.31. The molecule has 0 spiro atoms. The zero-order valence-electron chi connectivity index (χ0n) is 9.28. The Hall–Kier alpha value is -1.32. The monoisotopic (exact) mass is 248 g/mol. The number of fused-ring (bicyclic) bond motifs is 2. The topological polar surface area (TPSA) is 59.1 Å². The van der Waals surface area contributed by atoms with Crippen LogP contribution in [0.4, 0.5) is 5.69 Å². The molecular formula is C13H13ClN2O. The molecule has 0 aliphatic heterocycles. The van der Waals surface area contributed by atoms with Crippen molar-refractivity contribution in [3.05, 3.63) is 34.5 Å². The Morgan fingerprint density at radius 2 is 2.24 bits per heavy atom. The van der Waals surface area contributed by atoms with E-state index in [1.54, 1.807) is 6.07 Å². The van der Waals surface area contributed by atoms with Crippen LogP contribution < -0.4 is 5.73 Å². The molecule has 3 rings (SSSR count). The minimum absolute atomic E-state index is 0.491. The summed E-state index contributed by atoms with van der Waals surface area (Å²) in [5.74, 6) is 0. The van der Waals surface area contributed by atoms with Gasteiger partial charge < -0.3 is 10.8 Å². The van der Waals surface area contributed by atoms with Crippen molar-refractivity contribution in [3.63, 3.8) is 0 Å². The smallest absolute Gasteiger partial charge is 0.0828 e. The third kappa shape index (κ3) is 1.66. The van der Waals surface area contributed by atoms with E-state index in [0.717, 1.165) is 41.4 Å². The maximum absolute atomic E-state index is 10.0. The van der Waals surface area contributed by atoms with Gasteiger partial charge in [0.1, 0.15) is 0 Å². The van der Waals surface area contributed by atoms with Gasteiger partial charge >= 0.3 is 0 Å². The van der Waals surface area contributed by atoms with Crippen LogP contribution >= 0.6 is 11.6 Å². The molecule has 1 aliphatic rings. The Kier molecular flexibility index (Phi) is 2.45. The normalized spacial score (nSPS) is 19.3. The molecule has 1 atom stereocenters. The van der Waals surface area contributed by atoms with Crippen LogP contribution in [-0.2, 0) is 6.42 Å². The first-order valence-electron chi connectivity index (χ1n) is 5.72. The lowest BCUT2D eigenvalue weighted by atomic mass is 9.90. The number of aromatic nitrogens is 1. The summed E-state index contributed by atoms with van der Waals surface area (Å²) in [4.78, 5) is 4.57. The quantitative estimate of drug-likeness (QED) is 0.754. The Morgan fingerprint density at radius 3 is 3.06 bits per heavy atom. The van der Waals surface area contributed by atoms with Gasteiger partial charge in [0.05, 0.1) is 11.6 Å². The molecule has 1 heterocycles. The van der Waals surface area contributed by atoms with Gasteiger partial charge in [0.25, 0.3) is 0 Å². The van der Waals surface area contributed by atoms with Gasteiger partial charge in [0.15, 0.2) is 0 Å². The SMILES string of the molecule is Nc1c2c(nc3ccc(Cl)cc13)CCCC2O. The number of hydrogen-bond acceptors (Lipinski definition) is 3. The highest BCUT2D eigenvalue weighted by Crippen LogP contribution is 2.37. The number of aliphatic hydroxyl groups is 1. The number of rotatable bonds is 0. The van der Waals surface area contributed by atoms with E-state index >= 15 is 0 Å². The Morgan fingerprint density at radius 1 is 1.41 bits per heavy atom. The molecule has 3 N–H and O–H groups in total. The van der Waals surface area contributed by atoms with Crippen molar-refractivity contribution in [2.45, 2.75) is 25.4 Å². The molecule has 0 fully saturated rings. The molecule has 1 aliphatic carbocycles. The van der Waals surface area contributed by atoms with E-state index in [4.69, 9.17) is 17.3 Å². The average molecular weight is 249 g/mol. The molecule has 0 saturated heterocycles. The van der Waals surface area contributed by atoms with E-state index in [9.17, 15) is 5.11 Å². The van der Waals surface area contributed by atoms with Crippen LogP contribution in [0, 0.1) is 0 Å². The Labute approximate surface area is 104 Å². The predicted octanol–water partition coefficient (Wildman–Crippen LogP) is 2.84. The van der Waals surface area contributed by atoms with Crippen molar-refractivity contribution in [1.82, 2.24) is 4.98 Å². The van der Waals surface area contributed by atoms with Gasteiger partial charge in [0, 0.05) is 27.4 Å². The molecule has 4 heteroatoms. The van der Waals surface area contributed by atoms with Crippen molar-refractivity contribution in [2.24, 2.45) is 0 Å². The van der Waals surface area contributed by atoms with Crippen LogP contribution in [0.1, 0.15) is 30.2 Å². The summed E-state index contributed by atoms with van der Waals surface area (Å²) in [6.45, 7) is 0. The van der Waals surface area contributed by atoms with Crippen LogP contribution in [0.2, 0.25) is 5.02 Å². The average Bonchev–Trinajstić information content (AvgIpc) is 2.30. The second kappa shape index (κ2) is 3.86. The summed E-state index contributed by atoms with van der Waals surface area (Å²) in [6.07, 6.45) is 2.11. The molecule has 3 nitrogen and oxygen atoms in total. The first-order chi connectivity index (χ1) is 8.16. The molecule has 0 amide bonds. The molecule has 1 aromatic carbocycles. The molecule has 0 saturated carbocycles. The lowest BCUT2D eigenvalue weighted by molar-refractivity contribution is 0.156. The summed E-state index contributed by atoms with van der Waals surface area (Å²) in [6, 6.07) is 5.48. The number of benzene rings is 1. The molecule has 2 aromatic rings. The van der Waals surface area contributed by atoms with E-state index in [2.05, 4.69) is 4.98 Å². The second-order valence-corrected chi connectivity index (χ2v) is 4.89. The zero-order chi connectivity index (χ0) is 12.0. The van der Waals surface area contributed by atoms with Gasteiger partial charge in [-0.05, 0) is 37.5 Å². The van der Waals surface area contributed by atoms with Gasteiger partial charge in [-0.3, -0.25) is 4.98 Å². The summed E-state index contributed by atoms with van der Waals surface area (Å²) >= 11 is 5.96. The van der Waals surface area contributed by atoms with Gasteiger partial charge in [-0.15, -0.1) is 0 Å². The third-order valence-corrected chi connectivity index (χ3v) is 3.56. The largest absolute Gasteiger partial charge is 0.398 e. The number of halogens is 1. The van der Waals surface area contributed by atoms with Crippen LogP contribution in [0.15, 0.2) is 18.2 Å². The van der Waals surface area contributed by atoms with E-state index in [1.807, 2.05) is 12.1 Å². The minimum Gasteiger partial charge on any atom is -0.398 e. The predicted molar refractivity (Wildman–Crippen MR) is 69.1 cm³/mol. The van der Waals surface area contributed by atoms with Crippen molar-refractivity contribution in [2.75, 3.05) is 5.73 Å². The van der Waals surface area contributed by atoms with E-state index < -0.39 is 6.10 Å². The van der Waals surface area contributed by atoms with E-state index in [1.165, 1.54) is 0 Å². The number of nitrogens with two attached hydrogens (primary N) is 1. The fourth-order valence-corrected chi connectivity index (χ4v) is 2.67. The van der Waals surface area contributed by atoms with Crippen molar-refractivity contribution in [3.8, 4) is 0 Å². The standard InChI is InChI=1S/C13H13ClN2O/c14-7-4-5-9-8(6-7)13(15)12-10(16-9)2-1-3-11(12)17/h4-6,11,17H,1-3H2,(H2,15,16). The van der Waals surface area contributed by atoms with Gasteiger partial charge in [-0.25, -0.2) is 0 Å². The number of hydrogen-bond donors (Lipinski definition) is 2. The first-order valence-corrected chi connectivity index (χ1v) is 6.10. The Bertz CT molecular complexity index is 597. The molecule has 0 radical (unpaired) electrons. The number of nitrogen functional groups attached to an aromatic ring is 1. The lowest BCUT2D eigenvalue weighted by Crippen LogP contribution is -2.14. The number of aliphatic hydroxyl groups excluding tert-OH is 1. The lowest BCUT2D eigenvalue weighted by Gasteiger charge is -2.23. The number of anilines is 1. The van der Waals surface area contributed by atoms with Crippen molar-refractivity contribution >= 4 is 28.2 Å². The van der Waals surface area contributed by atoms with Crippen LogP contribution in [0.25, 0.3) is 10.9 Å². The number of nitrogens with zero attached hydrogens (tertiary/aromatic N) is 1. The fraction of sp³-hybridized carbons (Fsp3) is 0.308. The molecule has 17 heavy (non-hydrogen) atoms. The molecule has 1 aromatic heterocycles. The molecular weight excluding hydrogens is 236 g/mol. The summed E-state index contributed by atoms with van der Waals surface area (Å²) < 4.78 is 0. The summed E-state index contributed by atoms with van der Waals surface area (Å²) in [5.41, 5.74) is 9.34. The highest BCUT2D eigenvalue weighted by atomic mass is 35.5. The molecule has 88 valence electrons. The first kappa shape index (κ1) is 10.8. The second-order valence-electron chi connectivity index (χ2n) is 4.46. The number of pyridine rings is 1. The summed E-state index contributed by atoms with van der Waals surface area (Å²) in [7, 11) is 0. The zero-order valence-corrected chi connectivity index (χ0v) is 10.0. The minimum atomic E-state index is -0.491. The molecule has 0 bridgehead atoms. The van der Waals surface area contributed by atoms with E-state index in [-0.39, 0.29) is 0 Å². The van der Waals surface area contributed by atoms with Crippen molar-refractivity contribution < 1.29 is 5.11 Å². The maximum Gasteiger partial charge on any atom is 0.0828 e. The number of aryl methyl sites for hydroxylation is 1. The van der Waals surface area contributed by atoms with Crippen LogP contribution in [0.5, 0.6) is 0 Å². The van der Waals surface area contributed by atoms with Gasteiger partial charge in [-0.2, -0.15) is 0 Å². The van der Waals surface area contributed by atoms with Crippen LogP contribution in [-0.4, -0.2) is 10.1 Å².